The quantitative estimate of drug-likeness (QED) is 0.749. The first-order valence-electron chi connectivity index (χ1n) is 7.29. The summed E-state index contributed by atoms with van der Waals surface area (Å²) in [6.45, 7) is 4.14. The van der Waals surface area contributed by atoms with Crippen molar-refractivity contribution < 1.29 is 4.79 Å². The molecule has 0 saturated carbocycles. The Bertz CT molecular complexity index is 546. The van der Waals surface area contributed by atoms with E-state index < -0.39 is 0 Å². The number of likely N-dealkylation sites (tertiary alicyclic amines) is 1. The molecule has 1 unspecified atom stereocenters. The van der Waals surface area contributed by atoms with Gasteiger partial charge in [-0.05, 0) is 50.9 Å². The van der Waals surface area contributed by atoms with Crippen molar-refractivity contribution >= 4 is 58.8 Å². The summed E-state index contributed by atoms with van der Waals surface area (Å²) in [5.74, 6) is 0.434. The fourth-order valence-corrected chi connectivity index (χ4v) is 3.24. The van der Waals surface area contributed by atoms with Gasteiger partial charge in [-0.2, -0.15) is 0 Å². The van der Waals surface area contributed by atoms with Crippen molar-refractivity contribution in [3.8, 4) is 0 Å². The molecule has 1 amide bonds. The molecule has 1 aliphatic heterocycles. The third-order valence-corrected chi connectivity index (χ3v) is 5.06. The highest BCUT2D eigenvalue weighted by Crippen LogP contribution is 2.32. The lowest BCUT2D eigenvalue weighted by molar-refractivity contribution is -0.117. The second kappa shape index (κ2) is 9.30. The molecule has 0 spiro atoms. The minimum Gasteiger partial charge on any atom is -0.328 e. The molecule has 1 aromatic rings. The van der Waals surface area contributed by atoms with Gasteiger partial charge >= 0.3 is 0 Å². The molecule has 1 fully saturated rings. The fraction of sp³-hybridized carbons (Fsp3) is 0.533. The van der Waals surface area contributed by atoms with Crippen LogP contribution in [0.2, 0.25) is 15.1 Å². The molecule has 1 aromatic carbocycles. The molecule has 1 atom stereocenters. The van der Waals surface area contributed by atoms with Gasteiger partial charge < -0.3 is 11.1 Å². The van der Waals surface area contributed by atoms with Crippen molar-refractivity contribution in [3.05, 3.63) is 27.2 Å². The minimum absolute atomic E-state index is 0. The second-order valence-electron chi connectivity index (χ2n) is 5.77. The molecule has 1 saturated heterocycles. The number of rotatable bonds is 4. The van der Waals surface area contributed by atoms with Gasteiger partial charge in [-0.25, -0.2) is 0 Å². The highest BCUT2D eigenvalue weighted by atomic mass is 35.5. The van der Waals surface area contributed by atoms with E-state index in [1.54, 1.807) is 6.07 Å². The first-order valence-corrected chi connectivity index (χ1v) is 8.42. The van der Waals surface area contributed by atoms with E-state index in [0.717, 1.165) is 25.9 Å². The van der Waals surface area contributed by atoms with E-state index in [1.165, 1.54) is 6.07 Å². The molecule has 1 heterocycles. The van der Waals surface area contributed by atoms with Crippen LogP contribution >= 0.6 is 47.2 Å². The van der Waals surface area contributed by atoms with Crippen molar-refractivity contribution in [2.24, 2.45) is 11.7 Å². The molecular formula is C15H21Cl4N3O. The summed E-state index contributed by atoms with van der Waals surface area (Å²) in [7, 11) is 0. The van der Waals surface area contributed by atoms with Gasteiger partial charge in [0.25, 0.3) is 0 Å². The molecule has 0 aliphatic carbocycles. The number of benzene rings is 1. The third kappa shape index (κ3) is 5.96. The molecule has 1 aliphatic rings. The zero-order valence-corrected chi connectivity index (χ0v) is 15.9. The van der Waals surface area contributed by atoms with E-state index in [1.807, 2.05) is 6.92 Å². The monoisotopic (exact) mass is 399 g/mol. The number of piperidine rings is 1. The summed E-state index contributed by atoms with van der Waals surface area (Å²) in [4.78, 5) is 14.3. The lowest BCUT2D eigenvalue weighted by atomic mass is 9.91. The van der Waals surface area contributed by atoms with Gasteiger partial charge in [0.2, 0.25) is 5.91 Å². The summed E-state index contributed by atoms with van der Waals surface area (Å²) < 4.78 is 0. The molecule has 8 heteroatoms. The number of nitrogens with zero attached hydrogens (tertiary/aromatic N) is 1. The van der Waals surface area contributed by atoms with Gasteiger partial charge in [-0.15, -0.1) is 12.4 Å². The Hall–Kier alpha value is -0.230. The van der Waals surface area contributed by atoms with Gasteiger partial charge in [0, 0.05) is 6.04 Å². The largest absolute Gasteiger partial charge is 0.328 e. The molecule has 23 heavy (non-hydrogen) atoms. The number of hydrogen-bond donors (Lipinski definition) is 2. The van der Waals surface area contributed by atoms with E-state index in [0.29, 0.717) is 33.2 Å². The van der Waals surface area contributed by atoms with Crippen LogP contribution in [-0.4, -0.2) is 36.5 Å². The van der Waals surface area contributed by atoms with Crippen LogP contribution in [0.25, 0.3) is 0 Å². The molecular weight excluding hydrogens is 380 g/mol. The van der Waals surface area contributed by atoms with Crippen molar-refractivity contribution in [2.75, 3.05) is 25.0 Å². The van der Waals surface area contributed by atoms with Crippen LogP contribution in [0, 0.1) is 5.92 Å². The van der Waals surface area contributed by atoms with E-state index in [2.05, 4.69) is 10.2 Å². The Morgan fingerprint density at radius 1 is 1.26 bits per heavy atom. The number of halogens is 4. The van der Waals surface area contributed by atoms with Crippen LogP contribution in [0.5, 0.6) is 0 Å². The van der Waals surface area contributed by atoms with Crippen LogP contribution in [-0.2, 0) is 4.79 Å². The number of nitrogens with one attached hydrogen (secondary N) is 1. The summed E-state index contributed by atoms with van der Waals surface area (Å²) in [5, 5.41) is 3.88. The zero-order chi connectivity index (χ0) is 16.3. The predicted octanol–water partition coefficient (Wildman–Crippen LogP) is 4.07. The van der Waals surface area contributed by atoms with Crippen LogP contribution in [0.4, 0.5) is 5.69 Å². The lowest BCUT2D eigenvalue weighted by Gasteiger charge is -2.33. The molecule has 2 rings (SSSR count). The summed E-state index contributed by atoms with van der Waals surface area (Å²) >= 11 is 17.9. The first kappa shape index (κ1) is 20.8. The molecule has 3 N–H and O–H groups in total. The Labute approximate surface area is 158 Å². The maximum atomic E-state index is 12.1. The maximum Gasteiger partial charge on any atom is 0.238 e. The van der Waals surface area contributed by atoms with Crippen LogP contribution < -0.4 is 11.1 Å². The number of nitrogens with two attached hydrogens (primary N) is 1. The third-order valence-electron chi connectivity index (χ3n) is 4.03. The summed E-state index contributed by atoms with van der Waals surface area (Å²) in [6, 6.07) is 3.30. The number of amides is 1. The smallest absolute Gasteiger partial charge is 0.238 e. The van der Waals surface area contributed by atoms with Crippen molar-refractivity contribution in [2.45, 2.75) is 25.8 Å². The molecule has 0 aromatic heterocycles. The van der Waals surface area contributed by atoms with Gasteiger partial charge in [0.15, 0.2) is 0 Å². The van der Waals surface area contributed by atoms with Crippen molar-refractivity contribution in [1.29, 1.82) is 0 Å². The topological polar surface area (TPSA) is 58.4 Å². The number of hydrogen-bond acceptors (Lipinski definition) is 3. The zero-order valence-electron chi connectivity index (χ0n) is 12.8. The van der Waals surface area contributed by atoms with Gasteiger partial charge in [-0.1, -0.05) is 34.8 Å². The number of anilines is 1. The number of carbonyl (C=O) groups excluding carboxylic acids is 1. The summed E-state index contributed by atoms with van der Waals surface area (Å²) in [6.07, 6.45) is 2.05. The average molecular weight is 401 g/mol. The minimum atomic E-state index is -0.112. The van der Waals surface area contributed by atoms with Gasteiger partial charge in [0.1, 0.15) is 0 Å². The Balaban J connectivity index is 0.00000264. The van der Waals surface area contributed by atoms with Gasteiger partial charge in [-0.3, -0.25) is 9.69 Å². The Morgan fingerprint density at radius 2 is 1.83 bits per heavy atom. The van der Waals surface area contributed by atoms with E-state index in [4.69, 9.17) is 40.5 Å². The van der Waals surface area contributed by atoms with Crippen LogP contribution in [0.3, 0.4) is 0 Å². The predicted molar refractivity (Wildman–Crippen MR) is 100 cm³/mol. The molecule has 4 nitrogen and oxygen atoms in total. The second-order valence-corrected chi connectivity index (χ2v) is 6.99. The van der Waals surface area contributed by atoms with E-state index in [-0.39, 0.29) is 24.4 Å². The van der Waals surface area contributed by atoms with Crippen molar-refractivity contribution in [3.63, 3.8) is 0 Å². The van der Waals surface area contributed by atoms with Gasteiger partial charge in [0.05, 0.1) is 27.3 Å². The van der Waals surface area contributed by atoms with Crippen LogP contribution in [0.1, 0.15) is 19.8 Å². The maximum absolute atomic E-state index is 12.1. The molecule has 0 radical (unpaired) electrons. The average Bonchev–Trinajstić information content (AvgIpc) is 2.45. The Morgan fingerprint density at radius 3 is 2.39 bits per heavy atom. The molecule has 0 bridgehead atoms. The lowest BCUT2D eigenvalue weighted by Crippen LogP contribution is -2.42. The highest BCUT2D eigenvalue weighted by molar-refractivity contribution is 6.44. The summed E-state index contributed by atoms with van der Waals surface area (Å²) in [5.41, 5.74) is 6.40. The number of carbonyl (C=O) groups is 1. The SMILES string of the molecule is CC(N)C1CCN(CC(=O)Nc2cc(Cl)c(Cl)cc2Cl)CC1.Cl. The van der Waals surface area contributed by atoms with Crippen LogP contribution in [0.15, 0.2) is 12.1 Å². The molecule has 130 valence electrons. The first-order chi connectivity index (χ1) is 10.4. The van der Waals surface area contributed by atoms with E-state index >= 15 is 0 Å². The highest BCUT2D eigenvalue weighted by Gasteiger charge is 2.23. The normalized spacial score (nSPS) is 17.4. The van der Waals surface area contributed by atoms with Crippen molar-refractivity contribution in [1.82, 2.24) is 4.90 Å². The Kier molecular flexibility index (Phi) is 8.42. The van der Waals surface area contributed by atoms with E-state index in [9.17, 15) is 4.79 Å². The standard InChI is InChI=1S/C15H20Cl3N3O.ClH/c1-9(19)10-2-4-21(5-3-10)8-15(22)20-14-7-12(17)11(16)6-13(14)18;/h6-7,9-10H,2-5,8,19H2,1H3,(H,20,22);1H. The fourth-order valence-electron chi connectivity index (χ4n) is 2.65.